The van der Waals surface area contributed by atoms with Crippen LogP contribution in [0.2, 0.25) is 0 Å². The van der Waals surface area contributed by atoms with Gasteiger partial charge in [-0.15, -0.1) is 0 Å². The summed E-state index contributed by atoms with van der Waals surface area (Å²) in [5, 5.41) is 11.8. The van der Waals surface area contributed by atoms with Gasteiger partial charge in [-0.25, -0.2) is 9.18 Å². The number of amides is 1. The van der Waals surface area contributed by atoms with E-state index in [9.17, 15) is 19.5 Å². The van der Waals surface area contributed by atoms with Crippen molar-refractivity contribution in [1.82, 2.24) is 14.9 Å². The molecule has 0 aliphatic heterocycles. The highest BCUT2D eigenvalue weighted by Crippen LogP contribution is 2.28. The van der Waals surface area contributed by atoms with Crippen molar-refractivity contribution in [1.29, 1.82) is 0 Å². The second kappa shape index (κ2) is 14.1. The quantitative estimate of drug-likeness (QED) is 0.271. The van der Waals surface area contributed by atoms with Crippen molar-refractivity contribution < 1.29 is 28.6 Å². The number of halogens is 1. The summed E-state index contributed by atoms with van der Waals surface area (Å²) in [6.45, 7) is 9.81. The molecule has 8 nitrogen and oxygen atoms in total. The van der Waals surface area contributed by atoms with Crippen molar-refractivity contribution in [3.63, 3.8) is 0 Å². The number of aryl methyl sites for hydroxylation is 1. The van der Waals surface area contributed by atoms with Crippen molar-refractivity contribution >= 4 is 28.8 Å². The summed E-state index contributed by atoms with van der Waals surface area (Å²) in [5.41, 5.74) is 2.73. The number of aromatic carboxylic acids is 1. The molecule has 0 spiro atoms. The van der Waals surface area contributed by atoms with E-state index in [-0.39, 0.29) is 35.6 Å². The number of carboxylic acid groups (broad SMARTS) is 1. The molecule has 0 saturated heterocycles. The van der Waals surface area contributed by atoms with Crippen molar-refractivity contribution in [2.75, 3.05) is 6.61 Å². The second-order valence-corrected chi connectivity index (χ2v) is 11.1. The summed E-state index contributed by atoms with van der Waals surface area (Å²) in [4.78, 5) is 41.0. The molecule has 214 valence electrons. The van der Waals surface area contributed by atoms with Gasteiger partial charge in [0.05, 0.1) is 41.9 Å². The predicted molar refractivity (Wildman–Crippen MR) is 154 cm³/mol. The van der Waals surface area contributed by atoms with Crippen molar-refractivity contribution in [3.05, 3.63) is 70.8 Å². The Morgan fingerprint density at radius 3 is 2.48 bits per heavy atom. The lowest BCUT2D eigenvalue weighted by Gasteiger charge is -2.18. The maximum Gasteiger partial charge on any atom is 0.336 e. The number of carbonyl (C=O) groups excluding carboxylic acids is 2. The van der Waals surface area contributed by atoms with Crippen LogP contribution in [-0.4, -0.2) is 43.5 Å². The van der Waals surface area contributed by atoms with Crippen LogP contribution in [0.25, 0.3) is 11.1 Å². The summed E-state index contributed by atoms with van der Waals surface area (Å²) in [6.07, 6.45) is 1.13. The molecule has 10 heteroatoms. The van der Waals surface area contributed by atoms with Gasteiger partial charge in [-0.3, -0.25) is 14.2 Å². The Morgan fingerprint density at radius 1 is 1.15 bits per heavy atom. The first kappa shape index (κ1) is 30.9. The molecule has 40 heavy (non-hydrogen) atoms. The monoisotopic (exact) mass is 569 g/mol. The lowest BCUT2D eigenvalue weighted by molar-refractivity contribution is -0.121. The third kappa shape index (κ3) is 7.71. The fourth-order valence-electron chi connectivity index (χ4n) is 4.45. The van der Waals surface area contributed by atoms with E-state index < -0.39 is 17.0 Å². The predicted octanol–water partition coefficient (Wildman–Crippen LogP) is 5.71. The zero-order chi connectivity index (χ0) is 29.4. The van der Waals surface area contributed by atoms with Crippen LogP contribution in [0, 0.1) is 11.7 Å². The molecule has 3 rings (SSSR count). The van der Waals surface area contributed by atoms with Crippen LogP contribution in [0.1, 0.15) is 68.3 Å². The fraction of sp³-hybridized carbons (Fsp3) is 0.400. The van der Waals surface area contributed by atoms with Gasteiger partial charge in [-0.1, -0.05) is 62.9 Å². The number of carboxylic acids is 1. The van der Waals surface area contributed by atoms with Crippen LogP contribution in [-0.2, 0) is 29.1 Å². The molecule has 0 fully saturated rings. The van der Waals surface area contributed by atoms with E-state index in [4.69, 9.17) is 4.74 Å². The first-order valence-corrected chi connectivity index (χ1v) is 14.2. The molecule has 1 amide bonds. The fourth-order valence-corrected chi connectivity index (χ4v) is 5.52. The first-order valence-electron chi connectivity index (χ1n) is 13.3. The number of rotatable bonds is 13. The van der Waals surface area contributed by atoms with Crippen LogP contribution < -0.4 is 10.1 Å². The zero-order valence-electron chi connectivity index (χ0n) is 23.5. The highest BCUT2D eigenvalue weighted by atomic mass is 32.2. The van der Waals surface area contributed by atoms with Gasteiger partial charge in [0.25, 0.3) is 6.01 Å². The van der Waals surface area contributed by atoms with E-state index in [2.05, 4.69) is 10.3 Å². The summed E-state index contributed by atoms with van der Waals surface area (Å²) in [5.74, 6) is -1.60. The molecule has 0 aliphatic rings. The van der Waals surface area contributed by atoms with Gasteiger partial charge in [0, 0.05) is 12.5 Å². The molecule has 0 unspecified atom stereocenters. The number of ether oxygens (including phenoxy) is 1. The number of hydrogen-bond acceptors (Lipinski definition) is 6. The molecule has 0 saturated carbocycles. The first-order chi connectivity index (χ1) is 19.0. The van der Waals surface area contributed by atoms with E-state index in [1.54, 1.807) is 34.9 Å². The van der Waals surface area contributed by atoms with Gasteiger partial charge in [-0.2, -0.15) is 4.98 Å². The Bertz CT molecular complexity index is 1370. The molecule has 0 radical (unpaired) electrons. The second-order valence-electron chi connectivity index (χ2n) is 9.76. The van der Waals surface area contributed by atoms with Gasteiger partial charge < -0.3 is 15.2 Å². The average Bonchev–Trinajstić information content (AvgIpc) is 3.23. The molecule has 3 aromatic rings. The Morgan fingerprint density at radius 2 is 1.88 bits per heavy atom. The molecule has 1 aromatic heterocycles. The topological polar surface area (TPSA) is 111 Å². The molecule has 1 heterocycles. The molecule has 2 N–H and O–H groups in total. The Balaban J connectivity index is 1.93. The highest BCUT2D eigenvalue weighted by molar-refractivity contribution is 8.14. The van der Waals surface area contributed by atoms with Crippen LogP contribution in [0.4, 0.5) is 4.39 Å². The van der Waals surface area contributed by atoms with Gasteiger partial charge >= 0.3 is 5.97 Å². The Hall–Kier alpha value is -3.66. The SMILES string of the molecule is CCOc1nc(CC)c(CNC(=O)[C@@H](CC(C)C)SC(C)=O)n1Cc1ccc(-c2ccccc2C(=O)O)cc1F. The summed E-state index contributed by atoms with van der Waals surface area (Å²) < 4.78 is 22.9. The number of nitrogens with one attached hydrogen (secondary N) is 1. The maximum atomic E-state index is 15.4. The smallest absolute Gasteiger partial charge is 0.336 e. The summed E-state index contributed by atoms with van der Waals surface area (Å²) in [6, 6.07) is 11.4. The van der Waals surface area contributed by atoms with E-state index in [1.807, 2.05) is 27.7 Å². The Labute approximate surface area is 238 Å². The average molecular weight is 570 g/mol. The Kier molecular flexibility index (Phi) is 10.9. The standard InChI is InChI=1S/C30H36FN3O5S/c1-6-25-26(16-32-28(36)27(14-18(3)4)40-19(5)35)34(30(33-25)39-7-2)17-21-13-12-20(15-24(21)31)22-10-8-9-11-23(22)29(37)38/h8-13,15,18,27H,6-7,14,16-17H2,1-5H3,(H,32,36)(H,37,38)/t27-/m1/s1. The third-order valence-corrected chi connectivity index (χ3v) is 7.32. The molecular weight excluding hydrogens is 533 g/mol. The van der Waals surface area contributed by atoms with E-state index in [0.717, 1.165) is 17.5 Å². The zero-order valence-corrected chi connectivity index (χ0v) is 24.3. The van der Waals surface area contributed by atoms with E-state index in [0.29, 0.717) is 47.8 Å². The minimum atomic E-state index is -1.09. The van der Waals surface area contributed by atoms with Crippen LogP contribution in [0.15, 0.2) is 42.5 Å². The number of carbonyl (C=O) groups is 3. The number of hydrogen-bond donors (Lipinski definition) is 2. The molecule has 0 bridgehead atoms. The lowest BCUT2D eigenvalue weighted by atomic mass is 9.98. The lowest BCUT2D eigenvalue weighted by Crippen LogP contribution is -2.34. The van der Waals surface area contributed by atoms with Crippen molar-refractivity contribution in [3.8, 4) is 17.1 Å². The van der Waals surface area contributed by atoms with Crippen LogP contribution in [0.3, 0.4) is 0 Å². The maximum absolute atomic E-state index is 15.4. The van der Waals surface area contributed by atoms with E-state index >= 15 is 4.39 Å². The van der Waals surface area contributed by atoms with Crippen molar-refractivity contribution in [2.45, 2.75) is 65.8 Å². The summed E-state index contributed by atoms with van der Waals surface area (Å²) in [7, 11) is 0. The largest absolute Gasteiger partial charge is 0.478 e. The van der Waals surface area contributed by atoms with E-state index in [1.165, 1.54) is 19.1 Å². The number of thioether (sulfide) groups is 1. The number of benzene rings is 2. The number of nitrogens with zero attached hydrogens (tertiary/aromatic N) is 2. The third-order valence-electron chi connectivity index (χ3n) is 6.29. The van der Waals surface area contributed by atoms with Crippen LogP contribution in [0.5, 0.6) is 6.01 Å². The van der Waals surface area contributed by atoms with Crippen molar-refractivity contribution in [2.24, 2.45) is 5.92 Å². The normalized spacial score (nSPS) is 11.9. The molecule has 0 aliphatic carbocycles. The van der Waals surface area contributed by atoms with Gasteiger partial charge in [0.1, 0.15) is 5.82 Å². The van der Waals surface area contributed by atoms with Gasteiger partial charge in [-0.05, 0) is 48.9 Å². The van der Waals surface area contributed by atoms with Gasteiger partial charge in [0.15, 0.2) is 5.12 Å². The highest BCUT2D eigenvalue weighted by Gasteiger charge is 2.25. The molecule has 1 atom stereocenters. The number of imidazole rings is 1. The van der Waals surface area contributed by atoms with Crippen LogP contribution >= 0.6 is 11.8 Å². The molecular formula is C30H36FN3O5S. The number of aromatic nitrogens is 2. The minimum Gasteiger partial charge on any atom is -0.478 e. The molecule has 2 aromatic carbocycles. The van der Waals surface area contributed by atoms with Gasteiger partial charge in [0.2, 0.25) is 5.91 Å². The minimum absolute atomic E-state index is 0.0900. The summed E-state index contributed by atoms with van der Waals surface area (Å²) >= 11 is 1.02.